The number of nitrogens with zero attached hydrogens (tertiary/aromatic N) is 7. The molecule has 2 aliphatic heterocycles. The first kappa shape index (κ1) is 22.4. The Balaban J connectivity index is 1.25. The summed E-state index contributed by atoms with van der Waals surface area (Å²) < 4.78 is 38.3. The molecule has 1 aromatic carbocycles. The molecule has 4 heterocycles. The average molecular weight is 492 g/mol. The van der Waals surface area contributed by atoms with Crippen LogP contribution in [0.4, 0.5) is 14.6 Å². The van der Waals surface area contributed by atoms with Crippen LogP contribution in [0, 0.1) is 0 Å². The maximum atomic E-state index is 12.8. The van der Waals surface area contributed by atoms with Crippen molar-refractivity contribution in [1.29, 1.82) is 0 Å². The van der Waals surface area contributed by atoms with E-state index in [0.29, 0.717) is 43.5 Å². The lowest BCUT2D eigenvalue weighted by molar-refractivity contribution is -0.140. The van der Waals surface area contributed by atoms with E-state index >= 15 is 0 Å². The predicted octanol–water partition coefficient (Wildman–Crippen LogP) is 2.27. The van der Waals surface area contributed by atoms with Crippen molar-refractivity contribution in [1.82, 2.24) is 30.1 Å². The van der Waals surface area contributed by atoms with Crippen molar-refractivity contribution in [2.24, 2.45) is 0 Å². The number of hydrogen-bond donors (Lipinski definition) is 0. The summed E-state index contributed by atoms with van der Waals surface area (Å²) in [6.45, 7) is 2.51. The maximum absolute atomic E-state index is 12.8. The number of hydrogen-bond acceptors (Lipinski definition) is 8. The van der Waals surface area contributed by atoms with Crippen LogP contribution in [-0.2, 0) is 16.1 Å². The molecule has 1 amide bonds. The molecule has 0 bridgehead atoms. The van der Waals surface area contributed by atoms with Gasteiger partial charge < -0.3 is 19.3 Å². The predicted molar refractivity (Wildman–Crippen MR) is 116 cm³/mol. The highest BCUT2D eigenvalue weighted by Gasteiger charge is 2.35. The quantitative estimate of drug-likeness (QED) is 0.518. The number of morpholine rings is 1. The molecule has 0 N–H and O–H groups in total. The zero-order valence-electron chi connectivity index (χ0n) is 17.9. The fourth-order valence-electron chi connectivity index (χ4n) is 3.96. The Kier molecular flexibility index (Phi) is 6.24. The monoisotopic (exact) mass is 491 g/mol. The van der Waals surface area contributed by atoms with Crippen molar-refractivity contribution in [3.63, 3.8) is 0 Å². The van der Waals surface area contributed by atoms with E-state index in [1.165, 1.54) is 28.9 Å². The van der Waals surface area contributed by atoms with Gasteiger partial charge in [0, 0.05) is 24.7 Å². The van der Waals surface area contributed by atoms with Gasteiger partial charge >= 0.3 is 0 Å². The van der Waals surface area contributed by atoms with Crippen LogP contribution in [0.1, 0.15) is 17.7 Å². The fourth-order valence-corrected chi connectivity index (χ4v) is 4.12. The number of piperazine rings is 1. The van der Waals surface area contributed by atoms with Crippen molar-refractivity contribution < 1.29 is 23.0 Å². The van der Waals surface area contributed by atoms with Crippen molar-refractivity contribution in [2.75, 3.05) is 37.7 Å². The standard InChI is InChI=1S/C21H20ClF2N7O3/c22-20-16(31(28-27-20)14-3-1-13(2-4-14)21(23)24)12-34-18-6-5-17(25-26-18)29-9-15-11-33-8-7-30(15)19(32)10-29/h1-6,15,21H,7-12H2/t15-/m1/s1. The number of aromatic nitrogens is 5. The van der Waals surface area contributed by atoms with Gasteiger partial charge in [0.1, 0.15) is 12.3 Å². The number of carbonyl (C=O) groups excluding carboxylic acids is 1. The first-order valence-corrected chi connectivity index (χ1v) is 10.9. The minimum Gasteiger partial charge on any atom is -0.470 e. The Morgan fingerprint density at radius 1 is 1.15 bits per heavy atom. The van der Waals surface area contributed by atoms with E-state index in [9.17, 15) is 13.6 Å². The van der Waals surface area contributed by atoms with Crippen molar-refractivity contribution in [3.8, 4) is 11.6 Å². The largest absolute Gasteiger partial charge is 0.470 e. The van der Waals surface area contributed by atoms with E-state index in [1.54, 1.807) is 12.1 Å². The summed E-state index contributed by atoms with van der Waals surface area (Å²) in [5, 5.41) is 16.2. The SMILES string of the molecule is O=C1CN(c2ccc(OCc3c(Cl)nnn3-c3ccc(C(F)F)cc3)nn2)C[C@@H]2COCCN12. The Morgan fingerprint density at radius 3 is 2.71 bits per heavy atom. The lowest BCUT2D eigenvalue weighted by Crippen LogP contribution is -2.61. The Bertz CT molecular complexity index is 1160. The molecule has 178 valence electrons. The number of halogens is 3. The summed E-state index contributed by atoms with van der Waals surface area (Å²) in [6.07, 6.45) is -2.56. The van der Waals surface area contributed by atoms with Gasteiger partial charge in [-0.3, -0.25) is 4.79 Å². The van der Waals surface area contributed by atoms with E-state index in [1.807, 2.05) is 9.80 Å². The molecule has 3 aromatic rings. The highest BCUT2D eigenvalue weighted by atomic mass is 35.5. The molecular formula is C21H20ClF2N7O3. The summed E-state index contributed by atoms with van der Waals surface area (Å²) >= 11 is 6.16. The van der Waals surface area contributed by atoms with Gasteiger partial charge in [-0.15, -0.1) is 15.3 Å². The van der Waals surface area contributed by atoms with Crippen LogP contribution in [0.15, 0.2) is 36.4 Å². The molecule has 10 nitrogen and oxygen atoms in total. The van der Waals surface area contributed by atoms with Gasteiger partial charge in [0.15, 0.2) is 11.0 Å². The third kappa shape index (κ3) is 4.50. The number of fused-ring (bicyclic) bond motifs is 1. The Hall–Kier alpha value is -3.38. The van der Waals surface area contributed by atoms with Crippen LogP contribution in [0.3, 0.4) is 0 Å². The summed E-state index contributed by atoms with van der Waals surface area (Å²) in [5.41, 5.74) is 0.845. The molecule has 2 aliphatic rings. The Morgan fingerprint density at radius 2 is 1.97 bits per heavy atom. The third-order valence-corrected chi connectivity index (χ3v) is 6.01. The second kappa shape index (κ2) is 9.47. The molecule has 2 fully saturated rings. The maximum Gasteiger partial charge on any atom is 0.263 e. The smallest absolute Gasteiger partial charge is 0.263 e. The van der Waals surface area contributed by atoms with Gasteiger partial charge in [-0.05, 0) is 18.2 Å². The number of ether oxygens (including phenoxy) is 2. The lowest BCUT2D eigenvalue weighted by Gasteiger charge is -2.43. The van der Waals surface area contributed by atoms with Crippen LogP contribution in [0.2, 0.25) is 5.15 Å². The van der Waals surface area contributed by atoms with Gasteiger partial charge in [0.25, 0.3) is 6.43 Å². The van der Waals surface area contributed by atoms with Crippen molar-refractivity contribution in [2.45, 2.75) is 19.1 Å². The van der Waals surface area contributed by atoms with Crippen LogP contribution in [0.5, 0.6) is 5.88 Å². The molecular weight excluding hydrogens is 472 g/mol. The van der Waals surface area contributed by atoms with Gasteiger partial charge in [0.2, 0.25) is 11.8 Å². The van der Waals surface area contributed by atoms with E-state index in [2.05, 4.69) is 20.5 Å². The highest BCUT2D eigenvalue weighted by Crippen LogP contribution is 2.24. The van der Waals surface area contributed by atoms with Gasteiger partial charge in [-0.2, -0.15) is 0 Å². The van der Waals surface area contributed by atoms with E-state index in [-0.39, 0.29) is 41.7 Å². The highest BCUT2D eigenvalue weighted by molar-refractivity contribution is 6.30. The first-order valence-electron chi connectivity index (χ1n) is 10.6. The number of carbonyl (C=O) groups is 1. The zero-order valence-corrected chi connectivity index (χ0v) is 18.6. The molecule has 5 rings (SSSR count). The Labute approximate surface area is 198 Å². The lowest BCUT2D eigenvalue weighted by atomic mass is 10.1. The van der Waals surface area contributed by atoms with Crippen LogP contribution >= 0.6 is 11.6 Å². The molecule has 0 saturated carbocycles. The topological polar surface area (TPSA) is 98.5 Å². The number of benzene rings is 1. The van der Waals surface area contributed by atoms with Gasteiger partial charge in [0.05, 0.1) is 31.5 Å². The van der Waals surface area contributed by atoms with Crippen molar-refractivity contribution >= 4 is 23.3 Å². The molecule has 2 aromatic heterocycles. The van der Waals surface area contributed by atoms with E-state index in [4.69, 9.17) is 21.1 Å². The number of amides is 1. The molecule has 0 radical (unpaired) electrons. The second-order valence-corrected chi connectivity index (χ2v) is 8.20. The molecule has 0 spiro atoms. The minimum atomic E-state index is -2.56. The summed E-state index contributed by atoms with van der Waals surface area (Å²) in [7, 11) is 0. The fraction of sp³-hybridized carbons (Fsp3) is 0.381. The molecule has 13 heteroatoms. The first-order chi connectivity index (χ1) is 16.5. The normalized spacial score (nSPS) is 18.4. The van der Waals surface area contributed by atoms with Crippen LogP contribution in [-0.4, -0.2) is 74.9 Å². The molecule has 0 unspecified atom stereocenters. The summed E-state index contributed by atoms with van der Waals surface area (Å²) in [4.78, 5) is 16.2. The van der Waals surface area contributed by atoms with Gasteiger partial charge in [-0.25, -0.2) is 13.5 Å². The number of alkyl halides is 2. The van der Waals surface area contributed by atoms with Gasteiger partial charge in [-0.1, -0.05) is 28.9 Å². The molecule has 2 saturated heterocycles. The van der Waals surface area contributed by atoms with E-state index in [0.717, 1.165) is 0 Å². The van der Waals surface area contributed by atoms with Crippen LogP contribution in [0.25, 0.3) is 5.69 Å². The van der Waals surface area contributed by atoms with Crippen LogP contribution < -0.4 is 9.64 Å². The second-order valence-electron chi connectivity index (χ2n) is 7.85. The average Bonchev–Trinajstić information content (AvgIpc) is 3.23. The third-order valence-electron chi connectivity index (χ3n) is 5.72. The molecule has 0 aliphatic carbocycles. The molecule has 1 atom stereocenters. The summed E-state index contributed by atoms with van der Waals surface area (Å²) in [6, 6.07) is 9.01. The number of rotatable bonds is 6. The minimum absolute atomic E-state index is 0.00239. The number of anilines is 1. The summed E-state index contributed by atoms with van der Waals surface area (Å²) in [5.74, 6) is 0.847. The molecule has 34 heavy (non-hydrogen) atoms. The zero-order chi connectivity index (χ0) is 23.7. The van der Waals surface area contributed by atoms with E-state index < -0.39 is 6.43 Å². The van der Waals surface area contributed by atoms with Crippen molar-refractivity contribution in [3.05, 3.63) is 52.8 Å².